The van der Waals surface area contributed by atoms with Crippen LogP contribution in [-0.4, -0.2) is 24.9 Å². The van der Waals surface area contributed by atoms with Crippen molar-refractivity contribution in [1.29, 1.82) is 0 Å². The van der Waals surface area contributed by atoms with Crippen molar-refractivity contribution in [2.45, 2.75) is 57.5 Å². The highest BCUT2D eigenvalue weighted by molar-refractivity contribution is 5.36. The van der Waals surface area contributed by atoms with Crippen molar-refractivity contribution < 1.29 is 9.84 Å². The average molecular weight is 291 g/mol. The lowest BCUT2D eigenvalue weighted by Crippen LogP contribution is -2.34. The fourth-order valence-electron chi connectivity index (χ4n) is 3.48. The number of aliphatic hydroxyl groups is 1. The number of para-hydroxylation sites is 1. The molecule has 1 aliphatic carbocycles. The zero-order valence-electron chi connectivity index (χ0n) is 13.3. The molecule has 2 rings (SSSR count). The van der Waals surface area contributed by atoms with Crippen LogP contribution in [0.5, 0.6) is 5.75 Å². The van der Waals surface area contributed by atoms with E-state index in [0.29, 0.717) is 18.0 Å². The van der Waals surface area contributed by atoms with Gasteiger partial charge in [-0.1, -0.05) is 31.0 Å². The zero-order chi connectivity index (χ0) is 15.1. The van der Waals surface area contributed by atoms with E-state index in [1.165, 1.54) is 31.2 Å². The maximum Gasteiger partial charge on any atom is 0.123 e. The van der Waals surface area contributed by atoms with Crippen LogP contribution in [0.4, 0.5) is 0 Å². The largest absolute Gasteiger partial charge is 0.496 e. The Hall–Kier alpha value is -1.06. The first-order valence-electron chi connectivity index (χ1n) is 8.26. The van der Waals surface area contributed by atoms with Gasteiger partial charge in [0.2, 0.25) is 0 Å². The minimum Gasteiger partial charge on any atom is -0.496 e. The number of nitrogens with one attached hydrogen (secondary N) is 1. The number of rotatable bonds is 8. The monoisotopic (exact) mass is 291 g/mol. The van der Waals surface area contributed by atoms with Crippen molar-refractivity contribution in [2.75, 3.05) is 13.7 Å². The van der Waals surface area contributed by atoms with E-state index in [0.717, 1.165) is 18.6 Å². The van der Waals surface area contributed by atoms with E-state index in [-0.39, 0.29) is 6.61 Å². The molecule has 0 aromatic heterocycles. The first-order valence-corrected chi connectivity index (χ1v) is 8.26. The molecular weight excluding hydrogens is 262 g/mol. The third-order valence-corrected chi connectivity index (χ3v) is 4.60. The SMILES string of the molecule is COc1ccccc1C(NC(C)CCCO)C1CCCC1. The van der Waals surface area contributed by atoms with Gasteiger partial charge in [-0.05, 0) is 44.6 Å². The molecule has 2 atom stereocenters. The Balaban J connectivity index is 2.15. The second-order valence-electron chi connectivity index (χ2n) is 6.20. The Morgan fingerprint density at radius 3 is 2.67 bits per heavy atom. The molecule has 0 heterocycles. The molecule has 0 amide bonds. The Kier molecular flexibility index (Phi) is 6.52. The molecule has 0 spiro atoms. The molecule has 0 saturated heterocycles. The summed E-state index contributed by atoms with van der Waals surface area (Å²) < 4.78 is 5.57. The third-order valence-electron chi connectivity index (χ3n) is 4.60. The molecule has 1 fully saturated rings. The lowest BCUT2D eigenvalue weighted by Gasteiger charge is -2.30. The molecule has 2 unspecified atom stereocenters. The van der Waals surface area contributed by atoms with E-state index in [4.69, 9.17) is 9.84 Å². The smallest absolute Gasteiger partial charge is 0.123 e. The average Bonchev–Trinajstić information content (AvgIpc) is 3.04. The molecule has 1 aromatic rings. The highest BCUT2D eigenvalue weighted by atomic mass is 16.5. The van der Waals surface area contributed by atoms with E-state index in [1.54, 1.807) is 7.11 Å². The first-order chi connectivity index (χ1) is 10.3. The number of benzene rings is 1. The third kappa shape index (κ3) is 4.45. The number of aliphatic hydroxyl groups excluding tert-OH is 1. The summed E-state index contributed by atoms with van der Waals surface area (Å²) in [5.41, 5.74) is 1.28. The van der Waals surface area contributed by atoms with Crippen molar-refractivity contribution in [3.8, 4) is 5.75 Å². The summed E-state index contributed by atoms with van der Waals surface area (Å²) in [5.74, 6) is 1.68. The topological polar surface area (TPSA) is 41.5 Å². The van der Waals surface area contributed by atoms with Gasteiger partial charge in [0.25, 0.3) is 0 Å². The number of methoxy groups -OCH3 is 1. The minimum atomic E-state index is 0.273. The second kappa shape index (κ2) is 8.40. The van der Waals surface area contributed by atoms with E-state index in [2.05, 4.69) is 30.4 Å². The van der Waals surface area contributed by atoms with Crippen LogP contribution >= 0.6 is 0 Å². The molecule has 0 radical (unpaired) electrons. The molecule has 0 aliphatic heterocycles. The summed E-state index contributed by atoms with van der Waals surface area (Å²) in [7, 11) is 1.75. The second-order valence-corrected chi connectivity index (χ2v) is 6.20. The number of hydrogen-bond donors (Lipinski definition) is 2. The molecule has 118 valence electrons. The molecule has 1 saturated carbocycles. The van der Waals surface area contributed by atoms with E-state index in [1.807, 2.05) is 6.07 Å². The highest BCUT2D eigenvalue weighted by Crippen LogP contribution is 2.39. The van der Waals surface area contributed by atoms with Gasteiger partial charge in [-0.2, -0.15) is 0 Å². The van der Waals surface area contributed by atoms with Gasteiger partial charge >= 0.3 is 0 Å². The van der Waals surface area contributed by atoms with Gasteiger partial charge in [-0.25, -0.2) is 0 Å². The summed E-state index contributed by atoms with van der Waals surface area (Å²) in [6.45, 7) is 2.49. The first kappa shape index (κ1) is 16.3. The summed E-state index contributed by atoms with van der Waals surface area (Å²) in [5, 5.41) is 12.8. The molecule has 2 N–H and O–H groups in total. The van der Waals surface area contributed by atoms with Crippen LogP contribution in [0.1, 0.15) is 57.1 Å². The quantitative estimate of drug-likeness (QED) is 0.768. The number of ether oxygens (including phenoxy) is 1. The summed E-state index contributed by atoms with van der Waals surface area (Å²) in [6.07, 6.45) is 7.13. The van der Waals surface area contributed by atoms with Crippen LogP contribution in [0.2, 0.25) is 0 Å². The van der Waals surface area contributed by atoms with Crippen molar-refractivity contribution in [3.63, 3.8) is 0 Å². The minimum absolute atomic E-state index is 0.273. The Morgan fingerprint density at radius 1 is 1.29 bits per heavy atom. The fourth-order valence-corrected chi connectivity index (χ4v) is 3.48. The van der Waals surface area contributed by atoms with Gasteiger partial charge in [0, 0.05) is 24.3 Å². The standard InChI is InChI=1S/C18H29NO2/c1-14(8-7-13-20)19-18(15-9-3-4-10-15)16-11-5-6-12-17(16)21-2/h5-6,11-12,14-15,18-20H,3-4,7-10,13H2,1-2H3. The van der Waals surface area contributed by atoms with Crippen LogP contribution in [0, 0.1) is 5.92 Å². The van der Waals surface area contributed by atoms with Crippen molar-refractivity contribution in [1.82, 2.24) is 5.32 Å². The molecule has 3 nitrogen and oxygen atoms in total. The summed E-state index contributed by atoms with van der Waals surface area (Å²) >= 11 is 0. The molecule has 1 aliphatic rings. The fraction of sp³-hybridized carbons (Fsp3) is 0.667. The van der Waals surface area contributed by atoms with Gasteiger partial charge in [-0.15, -0.1) is 0 Å². The van der Waals surface area contributed by atoms with E-state index in [9.17, 15) is 0 Å². The van der Waals surface area contributed by atoms with Crippen LogP contribution in [-0.2, 0) is 0 Å². The van der Waals surface area contributed by atoms with Crippen LogP contribution < -0.4 is 10.1 Å². The van der Waals surface area contributed by atoms with Gasteiger partial charge in [-0.3, -0.25) is 0 Å². The van der Waals surface area contributed by atoms with Crippen LogP contribution in [0.3, 0.4) is 0 Å². The van der Waals surface area contributed by atoms with Crippen LogP contribution in [0.15, 0.2) is 24.3 Å². The van der Waals surface area contributed by atoms with Crippen molar-refractivity contribution in [3.05, 3.63) is 29.8 Å². The maximum absolute atomic E-state index is 9.01. The lowest BCUT2D eigenvalue weighted by molar-refractivity contribution is 0.264. The van der Waals surface area contributed by atoms with Crippen LogP contribution in [0.25, 0.3) is 0 Å². The van der Waals surface area contributed by atoms with Gasteiger partial charge in [0.05, 0.1) is 7.11 Å². The summed E-state index contributed by atoms with van der Waals surface area (Å²) in [4.78, 5) is 0. The van der Waals surface area contributed by atoms with E-state index < -0.39 is 0 Å². The maximum atomic E-state index is 9.01. The predicted molar refractivity (Wildman–Crippen MR) is 86.6 cm³/mol. The number of hydrogen-bond acceptors (Lipinski definition) is 3. The molecule has 1 aromatic carbocycles. The lowest BCUT2D eigenvalue weighted by atomic mass is 9.90. The molecule has 21 heavy (non-hydrogen) atoms. The Morgan fingerprint density at radius 2 is 2.00 bits per heavy atom. The summed E-state index contributed by atoms with van der Waals surface area (Å²) in [6, 6.07) is 9.14. The van der Waals surface area contributed by atoms with Gasteiger partial charge in [0.1, 0.15) is 5.75 Å². The molecule has 0 bridgehead atoms. The van der Waals surface area contributed by atoms with Crippen molar-refractivity contribution >= 4 is 0 Å². The molecular formula is C18H29NO2. The highest BCUT2D eigenvalue weighted by Gasteiger charge is 2.29. The Bertz CT molecular complexity index is 415. The predicted octanol–water partition coefficient (Wildman–Crippen LogP) is 3.68. The zero-order valence-corrected chi connectivity index (χ0v) is 13.3. The van der Waals surface area contributed by atoms with Crippen molar-refractivity contribution in [2.24, 2.45) is 5.92 Å². The van der Waals surface area contributed by atoms with Gasteiger partial charge in [0.15, 0.2) is 0 Å². The Labute approximate surface area is 128 Å². The van der Waals surface area contributed by atoms with E-state index >= 15 is 0 Å². The normalized spacial score (nSPS) is 18.6. The van der Waals surface area contributed by atoms with Gasteiger partial charge < -0.3 is 15.2 Å². The molecule has 3 heteroatoms.